The Morgan fingerprint density at radius 1 is 1.10 bits per heavy atom. The summed E-state index contributed by atoms with van der Waals surface area (Å²) >= 11 is 0. The van der Waals surface area contributed by atoms with E-state index in [0.717, 1.165) is 37.1 Å². The Hall–Kier alpha value is -2.84. The molecule has 7 nitrogen and oxygen atoms in total. The average Bonchev–Trinajstić information content (AvgIpc) is 2.75. The minimum atomic E-state index is -3.43. The SMILES string of the molecule is CS(=O)(=O)c1cnc(-c2ccncc2)nc1C1CCN(Cc2ccccc2O)CC1. The molecule has 0 radical (unpaired) electrons. The smallest absolute Gasteiger partial charge is 0.178 e. The molecule has 8 heteroatoms. The first kappa shape index (κ1) is 20.4. The van der Waals surface area contributed by atoms with Gasteiger partial charge in [-0.15, -0.1) is 0 Å². The third kappa shape index (κ3) is 4.49. The van der Waals surface area contributed by atoms with Gasteiger partial charge in [0.1, 0.15) is 10.6 Å². The highest BCUT2D eigenvalue weighted by Gasteiger charge is 2.28. The summed E-state index contributed by atoms with van der Waals surface area (Å²) in [5.41, 5.74) is 2.31. The van der Waals surface area contributed by atoms with Gasteiger partial charge in [0.05, 0.1) is 5.69 Å². The van der Waals surface area contributed by atoms with Crippen LogP contribution < -0.4 is 0 Å². The number of phenols is 1. The lowest BCUT2D eigenvalue weighted by Crippen LogP contribution is -2.33. The van der Waals surface area contributed by atoms with E-state index in [4.69, 9.17) is 0 Å². The second-order valence-electron chi connectivity index (χ2n) is 7.63. The number of hydrogen-bond donors (Lipinski definition) is 1. The quantitative estimate of drug-likeness (QED) is 0.672. The number of benzene rings is 1. The van der Waals surface area contributed by atoms with Gasteiger partial charge in [0.2, 0.25) is 0 Å². The van der Waals surface area contributed by atoms with Gasteiger partial charge in [0, 0.05) is 48.4 Å². The van der Waals surface area contributed by atoms with Gasteiger partial charge < -0.3 is 5.11 Å². The van der Waals surface area contributed by atoms with Crippen LogP contribution in [0.3, 0.4) is 0 Å². The van der Waals surface area contributed by atoms with Crippen LogP contribution in [0.4, 0.5) is 0 Å². The van der Waals surface area contributed by atoms with Crippen LogP contribution in [0.1, 0.15) is 30.0 Å². The summed E-state index contributed by atoms with van der Waals surface area (Å²) in [5.74, 6) is 0.854. The lowest BCUT2D eigenvalue weighted by molar-refractivity contribution is 0.200. The lowest BCUT2D eigenvalue weighted by atomic mass is 9.92. The fourth-order valence-corrected chi connectivity index (χ4v) is 4.69. The normalized spacial score (nSPS) is 15.9. The molecule has 1 aliphatic heterocycles. The molecule has 1 aromatic carbocycles. The third-order valence-corrected chi connectivity index (χ3v) is 6.59. The van der Waals surface area contributed by atoms with Gasteiger partial charge in [-0.2, -0.15) is 0 Å². The Bertz CT molecular complexity index is 1130. The molecule has 0 unspecified atom stereocenters. The molecule has 1 aliphatic rings. The standard InChI is InChI=1S/C22H24N4O3S/c1-30(28,29)20-14-24-22(17-6-10-23-11-7-17)25-21(20)16-8-12-26(13-9-16)15-18-4-2-3-5-19(18)27/h2-7,10-11,14,16,27H,8-9,12-13,15H2,1H3. The molecule has 0 bridgehead atoms. The Labute approximate surface area is 176 Å². The molecule has 156 valence electrons. The van der Waals surface area contributed by atoms with Crippen molar-refractivity contribution in [2.75, 3.05) is 19.3 Å². The zero-order valence-electron chi connectivity index (χ0n) is 16.8. The van der Waals surface area contributed by atoms with E-state index in [1.807, 2.05) is 30.3 Å². The zero-order chi connectivity index (χ0) is 21.1. The van der Waals surface area contributed by atoms with E-state index in [1.54, 1.807) is 18.5 Å². The summed E-state index contributed by atoms with van der Waals surface area (Å²) in [6, 6.07) is 11.0. The number of aromatic nitrogens is 3. The molecule has 2 aromatic heterocycles. The van der Waals surface area contributed by atoms with Crippen molar-refractivity contribution in [2.45, 2.75) is 30.2 Å². The van der Waals surface area contributed by atoms with Crippen molar-refractivity contribution in [2.24, 2.45) is 0 Å². The highest BCUT2D eigenvalue weighted by atomic mass is 32.2. The lowest BCUT2D eigenvalue weighted by Gasteiger charge is -2.32. The van der Waals surface area contributed by atoms with Crippen LogP contribution in [0.25, 0.3) is 11.4 Å². The van der Waals surface area contributed by atoms with Crippen molar-refractivity contribution in [3.63, 3.8) is 0 Å². The van der Waals surface area contributed by atoms with Crippen LogP contribution >= 0.6 is 0 Å². The van der Waals surface area contributed by atoms with Crippen molar-refractivity contribution in [3.05, 3.63) is 66.2 Å². The Balaban J connectivity index is 1.57. The summed E-state index contributed by atoms with van der Waals surface area (Å²) in [7, 11) is -3.43. The number of nitrogens with zero attached hydrogens (tertiary/aromatic N) is 4. The van der Waals surface area contributed by atoms with E-state index in [2.05, 4.69) is 19.9 Å². The van der Waals surface area contributed by atoms with E-state index in [9.17, 15) is 13.5 Å². The van der Waals surface area contributed by atoms with E-state index in [0.29, 0.717) is 23.8 Å². The number of phenolic OH excluding ortho intramolecular Hbond substituents is 1. The maximum Gasteiger partial charge on any atom is 0.178 e. The van der Waals surface area contributed by atoms with Crippen LogP contribution in [0.2, 0.25) is 0 Å². The summed E-state index contributed by atoms with van der Waals surface area (Å²) in [6.45, 7) is 2.28. The molecule has 3 heterocycles. The number of rotatable bonds is 5. The van der Waals surface area contributed by atoms with Gasteiger partial charge >= 0.3 is 0 Å². The van der Waals surface area contributed by atoms with Crippen molar-refractivity contribution in [3.8, 4) is 17.1 Å². The average molecular weight is 425 g/mol. The van der Waals surface area contributed by atoms with Crippen molar-refractivity contribution >= 4 is 9.84 Å². The number of aromatic hydroxyl groups is 1. The molecule has 0 aliphatic carbocycles. The van der Waals surface area contributed by atoms with Gasteiger partial charge in [-0.3, -0.25) is 9.88 Å². The van der Waals surface area contributed by atoms with Crippen LogP contribution in [-0.4, -0.2) is 52.7 Å². The maximum absolute atomic E-state index is 12.4. The minimum Gasteiger partial charge on any atom is -0.508 e. The van der Waals surface area contributed by atoms with Crippen molar-refractivity contribution < 1.29 is 13.5 Å². The molecular weight excluding hydrogens is 400 g/mol. The number of likely N-dealkylation sites (tertiary alicyclic amines) is 1. The number of piperidine rings is 1. The van der Waals surface area contributed by atoms with E-state index in [1.165, 1.54) is 12.5 Å². The van der Waals surface area contributed by atoms with E-state index in [-0.39, 0.29) is 10.8 Å². The van der Waals surface area contributed by atoms with E-state index >= 15 is 0 Å². The first-order chi connectivity index (χ1) is 14.4. The molecule has 4 rings (SSSR count). The third-order valence-electron chi connectivity index (χ3n) is 5.48. The molecule has 30 heavy (non-hydrogen) atoms. The largest absolute Gasteiger partial charge is 0.508 e. The summed E-state index contributed by atoms with van der Waals surface area (Å²) < 4.78 is 24.7. The van der Waals surface area contributed by atoms with Gasteiger partial charge in [0.25, 0.3) is 0 Å². The van der Waals surface area contributed by atoms with Gasteiger partial charge in [-0.05, 0) is 44.1 Å². The predicted molar refractivity (Wildman–Crippen MR) is 114 cm³/mol. The Morgan fingerprint density at radius 3 is 2.47 bits per heavy atom. The number of sulfone groups is 1. The van der Waals surface area contributed by atoms with Gasteiger partial charge in [-0.1, -0.05) is 18.2 Å². The Kier molecular flexibility index (Phi) is 5.78. The highest BCUT2D eigenvalue weighted by molar-refractivity contribution is 7.90. The molecule has 3 aromatic rings. The predicted octanol–water partition coefficient (Wildman–Crippen LogP) is 3.03. The number of hydrogen-bond acceptors (Lipinski definition) is 7. The molecule has 0 amide bonds. The second-order valence-corrected chi connectivity index (χ2v) is 9.61. The van der Waals surface area contributed by atoms with Crippen LogP contribution in [0.5, 0.6) is 5.75 Å². The van der Waals surface area contributed by atoms with Gasteiger partial charge in [-0.25, -0.2) is 18.4 Å². The van der Waals surface area contributed by atoms with Crippen molar-refractivity contribution in [1.82, 2.24) is 19.9 Å². The molecule has 0 saturated carbocycles. The second kappa shape index (κ2) is 8.49. The topological polar surface area (TPSA) is 96.3 Å². The molecule has 0 spiro atoms. The van der Waals surface area contributed by atoms with E-state index < -0.39 is 9.84 Å². The summed E-state index contributed by atoms with van der Waals surface area (Å²) in [6.07, 6.45) is 7.56. The van der Waals surface area contributed by atoms with Crippen LogP contribution in [0, 0.1) is 0 Å². The number of pyridine rings is 1. The molecule has 1 fully saturated rings. The minimum absolute atomic E-state index is 0.0407. The fourth-order valence-electron chi connectivity index (χ4n) is 3.85. The first-order valence-electron chi connectivity index (χ1n) is 9.88. The molecular formula is C22H24N4O3S. The zero-order valence-corrected chi connectivity index (χ0v) is 17.6. The molecule has 0 atom stereocenters. The fraction of sp³-hybridized carbons (Fsp3) is 0.318. The summed E-state index contributed by atoms with van der Waals surface area (Å²) in [5, 5.41) is 10.0. The monoisotopic (exact) mass is 424 g/mol. The maximum atomic E-state index is 12.4. The highest BCUT2D eigenvalue weighted by Crippen LogP contribution is 2.33. The van der Waals surface area contributed by atoms with Gasteiger partial charge in [0.15, 0.2) is 15.7 Å². The van der Waals surface area contributed by atoms with Crippen LogP contribution in [0.15, 0.2) is 59.9 Å². The van der Waals surface area contributed by atoms with Crippen molar-refractivity contribution in [1.29, 1.82) is 0 Å². The summed E-state index contributed by atoms with van der Waals surface area (Å²) in [4.78, 5) is 15.5. The number of para-hydroxylation sites is 1. The van der Waals surface area contributed by atoms with Crippen LogP contribution in [-0.2, 0) is 16.4 Å². The molecule has 1 N–H and O–H groups in total. The first-order valence-corrected chi connectivity index (χ1v) is 11.8. The molecule has 1 saturated heterocycles. The Morgan fingerprint density at radius 2 is 1.80 bits per heavy atom.